The van der Waals surface area contributed by atoms with Crippen LogP contribution in [0.15, 0.2) is 47.4 Å². The van der Waals surface area contributed by atoms with Crippen LogP contribution in [0.4, 0.5) is 4.39 Å². The summed E-state index contributed by atoms with van der Waals surface area (Å²) >= 11 is 6.13. The Morgan fingerprint density at radius 1 is 1.15 bits per heavy atom. The van der Waals surface area contributed by atoms with Crippen molar-refractivity contribution in [3.05, 3.63) is 64.4 Å². The number of carbonyl (C=O) groups is 1. The molecule has 1 fully saturated rings. The van der Waals surface area contributed by atoms with Crippen LogP contribution in [0, 0.1) is 5.82 Å². The maximum atomic E-state index is 13.0. The summed E-state index contributed by atoms with van der Waals surface area (Å²) in [4.78, 5) is 12.7. The Bertz CT molecular complexity index is 942. The molecule has 1 atom stereocenters. The molecule has 0 aromatic heterocycles. The molecule has 5 nitrogen and oxygen atoms in total. The average molecular weight is 411 g/mol. The van der Waals surface area contributed by atoms with E-state index in [1.54, 1.807) is 19.1 Å². The molecule has 144 valence electrons. The highest BCUT2D eigenvalue weighted by atomic mass is 35.5. The van der Waals surface area contributed by atoms with Crippen LogP contribution in [0.1, 0.15) is 41.7 Å². The van der Waals surface area contributed by atoms with E-state index in [1.807, 2.05) is 0 Å². The van der Waals surface area contributed by atoms with Gasteiger partial charge in [0.25, 0.3) is 5.91 Å². The first kappa shape index (κ1) is 19.8. The minimum atomic E-state index is -3.64. The molecule has 0 radical (unpaired) electrons. The summed E-state index contributed by atoms with van der Waals surface area (Å²) in [7, 11) is -3.64. The highest BCUT2D eigenvalue weighted by molar-refractivity contribution is 7.89. The second-order valence-electron chi connectivity index (χ2n) is 6.50. The molecular weight excluding hydrogens is 391 g/mol. The lowest BCUT2D eigenvalue weighted by Gasteiger charge is -2.18. The van der Waals surface area contributed by atoms with E-state index in [2.05, 4.69) is 5.32 Å². The molecule has 2 aromatic carbocycles. The number of carbonyl (C=O) groups excluding carboxylic acids is 1. The van der Waals surface area contributed by atoms with E-state index in [-0.39, 0.29) is 21.3 Å². The van der Waals surface area contributed by atoms with Crippen LogP contribution >= 0.6 is 11.6 Å². The third-order valence-corrected chi connectivity index (χ3v) is 6.83. The molecule has 1 N–H and O–H groups in total. The van der Waals surface area contributed by atoms with E-state index in [0.29, 0.717) is 13.1 Å². The Morgan fingerprint density at radius 3 is 2.41 bits per heavy atom. The summed E-state index contributed by atoms with van der Waals surface area (Å²) in [5.74, 6) is -0.851. The van der Waals surface area contributed by atoms with Gasteiger partial charge in [-0.05, 0) is 55.7 Å². The van der Waals surface area contributed by atoms with E-state index in [1.165, 1.54) is 34.6 Å². The summed E-state index contributed by atoms with van der Waals surface area (Å²) in [5, 5.41) is 2.93. The Morgan fingerprint density at radius 2 is 1.78 bits per heavy atom. The van der Waals surface area contributed by atoms with E-state index >= 15 is 0 Å². The van der Waals surface area contributed by atoms with Crippen LogP contribution in [-0.4, -0.2) is 31.7 Å². The van der Waals surface area contributed by atoms with E-state index in [9.17, 15) is 17.6 Å². The van der Waals surface area contributed by atoms with E-state index in [0.717, 1.165) is 18.4 Å². The van der Waals surface area contributed by atoms with Crippen molar-refractivity contribution >= 4 is 27.5 Å². The zero-order valence-corrected chi connectivity index (χ0v) is 16.4. The van der Waals surface area contributed by atoms with Gasteiger partial charge in [-0.3, -0.25) is 4.79 Å². The number of hydrogen-bond acceptors (Lipinski definition) is 3. The number of rotatable bonds is 5. The van der Waals surface area contributed by atoms with E-state index in [4.69, 9.17) is 11.6 Å². The summed E-state index contributed by atoms with van der Waals surface area (Å²) in [6.45, 7) is 2.71. The Hall–Kier alpha value is -1.96. The monoisotopic (exact) mass is 410 g/mol. The zero-order chi connectivity index (χ0) is 19.6. The van der Waals surface area contributed by atoms with Crippen LogP contribution in [0.5, 0.6) is 0 Å². The molecule has 0 bridgehead atoms. The van der Waals surface area contributed by atoms with Crippen LogP contribution < -0.4 is 5.32 Å². The largest absolute Gasteiger partial charge is 0.345 e. The topological polar surface area (TPSA) is 66.5 Å². The number of hydrogen-bond donors (Lipinski definition) is 1. The van der Waals surface area contributed by atoms with Gasteiger partial charge in [0.15, 0.2) is 0 Å². The second-order valence-corrected chi connectivity index (χ2v) is 8.84. The number of halogens is 2. The van der Waals surface area contributed by atoms with Gasteiger partial charge in [0.1, 0.15) is 5.82 Å². The molecule has 1 aliphatic heterocycles. The number of amides is 1. The van der Waals surface area contributed by atoms with Crippen molar-refractivity contribution in [1.82, 2.24) is 9.62 Å². The lowest BCUT2D eigenvalue weighted by atomic mass is 10.1. The van der Waals surface area contributed by atoms with Gasteiger partial charge in [-0.15, -0.1) is 0 Å². The maximum absolute atomic E-state index is 13.0. The minimum absolute atomic E-state index is 0.0494. The van der Waals surface area contributed by atoms with Crippen molar-refractivity contribution < 1.29 is 17.6 Å². The lowest BCUT2D eigenvalue weighted by molar-refractivity contribution is 0.0940. The molecule has 8 heteroatoms. The molecule has 0 unspecified atom stereocenters. The van der Waals surface area contributed by atoms with E-state index < -0.39 is 22.0 Å². The van der Waals surface area contributed by atoms with Crippen LogP contribution in [-0.2, 0) is 10.0 Å². The third kappa shape index (κ3) is 4.31. The third-order valence-electron chi connectivity index (χ3n) is 4.60. The van der Waals surface area contributed by atoms with Gasteiger partial charge < -0.3 is 5.32 Å². The van der Waals surface area contributed by atoms with Crippen LogP contribution in [0.2, 0.25) is 5.02 Å². The summed E-state index contributed by atoms with van der Waals surface area (Å²) in [6, 6.07) is 9.53. The first-order valence-corrected chi connectivity index (χ1v) is 10.5. The van der Waals surface area contributed by atoms with Gasteiger partial charge in [-0.25, -0.2) is 12.8 Å². The quantitative estimate of drug-likeness (QED) is 0.816. The molecule has 27 heavy (non-hydrogen) atoms. The predicted molar refractivity (Wildman–Crippen MR) is 102 cm³/mol. The fourth-order valence-electron chi connectivity index (χ4n) is 3.03. The van der Waals surface area contributed by atoms with Gasteiger partial charge >= 0.3 is 0 Å². The summed E-state index contributed by atoms with van der Waals surface area (Å²) in [5.41, 5.74) is 0.813. The standard InChI is InChI=1S/C19H20ClFN2O3S/c1-13(14-4-6-15(21)7-5-14)22-19(24)17-12-16(8-9-18(17)20)27(25,26)23-10-2-3-11-23/h4-9,12-13H,2-3,10-11H2,1H3,(H,22,24)/t13-/m1/s1. The molecule has 1 heterocycles. The first-order chi connectivity index (χ1) is 12.8. The van der Waals surface area contributed by atoms with Crippen LogP contribution in [0.25, 0.3) is 0 Å². The molecule has 0 spiro atoms. The van der Waals surface area contributed by atoms with Crippen molar-refractivity contribution in [3.63, 3.8) is 0 Å². The number of benzene rings is 2. The number of nitrogens with one attached hydrogen (secondary N) is 1. The normalized spacial score (nSPS) is 16.3. The molecular formula is C19H20ClFN2O3S. The zero-order valence-electron chi connectivity index (χ0n) is 14.8. The van der Waals surface area contributed by atoms with Crippen molar-refractivity contribution in [1.29, 1.82) is 0 Å². The van der Waals surface area contributed by atoms with Crippen LogP contribution in [0.3, 0.4) is 0 Å². The fourth-order valence-corrected chi connectivity index (χ4v) is 4.77. The minimum Gasteiger partial charge on any atom is -0.345 e. The number of nitrogens with zero attached hydrogens (tertiary/aromatic N) is 1. The molecule has 1 amide bonds. The SMILES string of the molecule is C[C@@H](NC(=O)c1cc(S(=O)(=O)N2CCCC2)ccc1Cl)c1ccc(F)cc1. The van der Waals surface area contributed by atoms with Gasteiger partial charge in [-0.1, -0.05) is 23.7 Å². The van der Waals surface area contributed by atoms with Crippen molar-refractivity contribution in [2.24, 2.45) is 0 Å². The number of sulfonamides is 1. The summed E-state index contributed by atoms with van der Waals surface area (Å²) in [6.07, 6.45) is 1.66. The highest BCUT2D eigenvalue weighted by Gasteiger charge is 2.28. The van der Waals surface area contributed by atoms with Gasteiger partial charge in [0.05, 0.1) is 21.5 Å². The fraction of sp³-hybridized carbons (Fsp3) is 0.316. The highest BCUT2D eigenvalue weighted by Crippen LogP contribution is 2.26. The van der Waals surface area contributed by atoms with Crippen molar-refractivity contribution in [2.45, 2.75) is 30.7 Å². The Kier molecular flexibility index (Phi) is 5.83. The van der Waals surface area contributed by atoms with Gasteiger partial charge in [0, 0.05) is 13.1 Å². The molecule has 1 aliphatic rings. The smallest absolute Gasteiger partial charge is 0.253 e. The summed E-state index contributed by atoms with van der Waals surface area (Å²) < 4.78 is 39.9. The molecule has 2 aromatic rings. The Labute approximate surface area is 163 Å². The Balaban J connectivity index is 1.83. The average Bonchev–Trinajstić information content (AvgIpc) is 3.18. The van der Waals surface area contributed by atoms with Gasteiger partial charge in [-0.2, -0.15) is 4.31 Å². The predicted octanol–water partition coefficient (Wildman–Crippen LogP) is 3.75. The molecule has 3 rings (SSSR count). The first-order valence-electron chi connectivity index (χ1n) is 8.65. The lowest BCUT2D eigenvalue weighted by Crippen LogP contribution is -2.29. The molecule has 0 aliphatic carbocycles. The second kappa shape index (κ2) is 7.96. The molecule has 1 saturated heterocycles. The molecule has 0 saturated carbocycles. The van der Waals surface area contributed by atoms with Gasteiger partial charge in [0.2, 0.25) is 10.0 Å². The maximum Gasteiger partial charge on any atom is 0.253 e. The van der Waals surface area contributed by atoms with Crippen molar-refractivity contribution in [2.75, 3.05) is 13.1 Å². The van der Waals surface area contributed by atoms with Crippen molar-refractivity contribution in [3.8, 4) is 0 Å².